The molecule has 2 rings (SSSR count). The second-order valence-corrected chi connectivity index (χ2v) is 6.02. The predicted molar refractivity (Wildman–Crippen MR) is 82.8 cm³/mol. The van der Waals surface area contributed by atoms with E-state index in [2.05, 4.69) is 11.9 Å². The molecule has 1 N–H and O–H groups in total. The van der Waals surface area contributed by atoms with E-state index < -0.39 is 47.0 Å². The minimum atomic E-state index is -4.73. The number of carbonyl (C=O) groups excluding carboxylic acids is 2. The SMILES string of the molecule is C=CC(=O)N1CCCC1(C)C(=O)NCc1c(F)cccc1C(F)(F)F. The molecule has 1 saturated heterocycles. The molecule has 2 amide bonds. The van der Waals surface area contributed by atoms with Crippen molar-refractivity contribution in [2.45, 2.75) is 38.0 Å². The fourth-order valence-corrected chi connectivity index (χ4v) is 3.03. The molecule has 0 saturated carbocycles. The van der Waals surface area contributed by atoms with Crippen molar-refractivity contribution in [1.82, 2.24) is 10.2 Å². The van der Waals surface area contributed by atoms with E-state index in [4.69, 9.17) is 0 Å². The Balaban J connectivity index is 2.21. The van der Waals surface area contributed by atoms with Crippen molar-refractivity contribution < 1.29 is 27.2 Å². The van der Waals surface area contributed by atoms with E-state index in [9.17, 15) is 27.2 Å². The van der Waals surface area contributed by atoms with Crippen molar-refractivity contribution in [3.63, 3.8) is 0 Å². The average Bonchev–Trinajstić information content (AvgIpc) is 2.94. The molecule has 1 aromatic rings. The number of hydrogen-bond donors (Lipinski definition) is 1. The van der Waals surface area contributed by atoms with Gasteiger partial charge in [0, 0.05) is 18.7 Å². The highest BCUT2D eigenvalue weighted by Gasteiger charge is 2.45. The molecular weight excluding hydrogens is 340 g/mol. The summed E-state index contributed by atoms with van der Waals surface area (Å²) in [7, 11) is 0. The van der Waals surface area contributed by atoms with Gasteiger partial charge in [0.25, 0.3) is 0 Å². The number of hydrogen-bond acceptors (Lipinski definition) is 2. The maximum absolute atomic E-state index is 13.8. The molecule has 4 nitrogen and oxygen atoms in total. The van der Waals surface area contributed by atoms with Crippen LogP contribution in [0.5, 0.6) is 0 Å². The monoisotopic (exact) mass is 358 g/mol. The zero-order chi connectivity index (χ0) is 18.8. The van der Waals surface area contributed by atoms with Crippen LogP contribution in [0.3, 0.4) is 0 Å². The Kier molecular flexibility index (Phi) is 5.20. The van der Waals surface area contributed by atoms with Gasteiger partial charge in [-0.1, -0.05) is 12.6 Å². The highest BCUT2D eigenvalue weighted by atomic mass is 19.4. The Labute approximate surface area is 142 Å². The van der Waals surface area contributed by atoms with Crippen LogP contribution in [-0.2, 0) is 22.3 Å². The lowest BCUT2D eigenvalue weighted by molar-refractivity contribution is -0.141. The van der Waals surface area contributed by atoms with Crippen molar-refractivity contribution in [2.75, 3.05) is 6.54 Å². The van der Waals surface area contributed by atoms with E-state index in [-0.39, 0.29) is 0 Å². The summed E-state index contributed by atoms with van der Waals surface area (Å²) in [6.45, 7) is 4.64. The van der Waals surface area contributed by atoms with Gasteiger partial charge < -0.3 is 10.2 Å². The highest BCUT2D eigenvalue weighted by Crippen LogP contribution is 2.33. The van der Waals surface area contributed by atoms with Gasteiger partial charge in [0.15, 0.2) is 0 Å². The topological polar surface area (TPSA) is 49.4 Å². The second-order valence-electron chi connectivity index (χ2n) is 6.02. The lowest BCUT2D eigenvalue weighted by atomic mass is 9.97. The molecule has 1 heterocycles. The molecule has 1 aliphatic rings. The lowest BCUT2D eigenvalue weighted by Gasteiger charge is -2.33. The second kappa shape index (κ2) is 6.85. The van der Waals surface area contributed by atoms with Gasteiger partial charge in [-0.15, -0.1) is 0 Å². The largest absolute Gasteiger partial charge is 0.416 e. The smallest absolute Gasteiger partial charge is 0.350 e. The van der Waals surface area contributed by atoms with Crippen molar-refractivity contribution in [3.8, 4) is 0 Å². The van der Waals surface area contributed by atoms with Gasteiger partial charge in [0.05, 0.1) is 5.56 Å². The van der Waals surface area contributed by atoms with E-state index in [0.717, 1.165) is 24.3 Å². The molecule has 0 bridgehead atoms. The molecule has 136 valence electrons. The molecular formula is C17H18F4N2O2. The number of alkyl halides is 3. The van der Waals surface area contributed by atoms with Crippen molar-refractivity contribution in [1.29, 1.82) is 0 Å². The summed E-state index contributed by atoms with van der Waals surface area (Å²) in [6, 6.07) is 2.63. The summed E-state index contributed by atoms with van der Waals surface area (Å²) in [5.41, 5.74) is -2.97. The summed E-state index contributed by atoms with van der Waals surface area (Å²) >= 11 is 0. The van der Waals surface area contributed by atoms with Gasteiger partial charge in [0.2, 0.25) is 11.8 Å². The Bertz CT molecular complexity index is 702. The van der Waals surface area contributed by atoms with Gasteiger partial charge in [-0.3, -0.25) is 9.59 Å². The first-order valence-corrected chi connectivity index (χ1v) is 7.68. The number of nitrogens with one attached hydrogen (secondary N) is 1. The summed E-state index contributed by atoms with van der Waals surface area (Å²) in [6.07, 6.45) is -2.71. The number of benzene rings is 1. The van der Waals surface area contributed by atoms with E-state index in [1.807, 2.05) is 0 Å². The summed E-state index contributed by atoms with van der Waals surface area (Å²) < 4.78 is 52.8. The van der Waals surface area contributed by atoms with Crippen molar-refractivity contribution >= 4 is 11.8 Å². The molecule has 1 unspecified atom stereocenters. The van der Waals surface area contributed by atoms with Crippen LogP contribution >= 0.6 is 0 Å². The number of halogens is 4. The van der Waals surface area contributed by atoms with E-state index in [0.29, 0.717) is 19.4 Å². The van der Waals surface area contributed by atoms with Gasteiger partial charge in [-0.05, 0) is 38.0 Å². The zero-order valence-corrected chi connectivity index (χ0v) is 13.6. The third-order valence-corrected chi connectivity index (χ3v) is 4.42. The van der Waals surface area contributed by atoms with Crippen LogP contribution in [0.25, 0.3) is 0 Å². The number of nitrogens with zero attached hydrogens (tertiary/aromatic N) is 1. The minimum absolute atomic E-state index is 0.349. The van der Waals surface area contributed by atoms with Crippen LogP contribution in [0.15, 0.2) is 30.9 Å². The fraction of sp³-hybridized carbons (Fsp3) is 0.412. The van der Waals surface area contributed by atoms with Gasteiger partial charge in [-0.2, -0.15) is 13.2 Å². The summed E-state index contributed by atoms with van der Waals surface area (Å²) in [5.74, 6) is -2.11. The molecule has 1 aliphatic heterocycles. The van der Waals surface area contributed by atoms with E-state index in [1.54, 1.807) is 0 Å². The first-order valence-electron chi connectivity index (χ1n) is 7.68. The molecule has 0 radical (unpaired) electrons. The van der Waals surface area contributed by atoms with Crippen LogP contribution < -0.4 is 5.32 Å². The maximum atomic E-state index is 13.8. The van der Waals surface area contributed by atoms with Crippen LogP contribution in [0.4, 0.5) is 17.6 Å². The van der Waals surface area contributed by atoms with Crippen LogP contribution in [0, 0.1) is 5.82 Å². The fourth-order valence-electron chi connectivity index (χ4n) is 3.03. The standard InChI is InChI=1S/C17H18F4N2O2/c1-3-14(24)23-9-5-8-16(23,2)15(25)22-10-11-12(17(19,20)21)6-4-7-13(11)18/h3-4,6-7H,1,5,8-10H2,2H3,(H,22,25). The van der Waals surface area contributed by atoms with Gasteiger partial charge in [0.1, 0.15) is 11.4 Å². The first-order chi connectivity index (χ1) is 11.6. The number of amides is 2. The quantitative estimate of drug-likeness (QED) is 0.664. The Morgan fingerprint density at radius 2 is 2.08 bits per heavy atom. The zero-order valence-electron chi connectivity index (χ0n) is 13.6. The van der Waals surface area contributed by atoms with Crippen LogP contribution in [-0.4, -0.2) is 28.8 Å². The van der Waals surface area contributed by atoms with E-state index >= 15 is 0 Å². The van der Waals surface area contributed by atoms with Crippen molar-refractivity contribution in [2.24, 2.45) is 0 Å². The van der Waals surface area contributed by atoms with Gasteiger partial charge >= 0.3 is 6.18 Å². The Morgan fingerprint density at radius 3 is 2.68 bits per heavy atom. The first kappa shape index (κ1) is 19.0. The number of rotatable bonds is 4. The summed E-state index contributed by atoms with van der Waals surface area (Å²) in [4.78, 5) is 25.7. The van der Waals surface area contributed by atoms with Crippen LogP contribution in [0.2, 0.25) is 0 Å². The molecule has 1 fully saturated rings. The number of likely N-dealkylation sites (tertiary alicyclic amines) is 1. The third-order valence-electron chi connectivity index (χ3n) is 4.42. The molecule has 8 heteroatoms. The van der Waals surface area contributed by atoms with Gasteiger partial charge in [-0.25, -0.2) is 4.39 Å². The normalized spacial score (nSPS) is 20.4. The molecule has 1 aromatic carbocycles. The molecule has 0 spiro atoms. The highest BCUT2D eigenvalue weighted by molar-refractivity contribution is 5.95. The summed E-state index contributed by atoms with van der Waals surface area (Å²) in [5, 5.41) is 2.34. The molecule has 0 aromatic heterocycles. The maximum Gasteiger partial charge on any atom is 0.416 e. The Hall–Kier alpha value is -2.38. The third kappa shape index (κ3) is 3.67. The predicted octanol–water partition coefficient (Wildman–Crippen LogP) is 3.03. The van der Waals surface area contributed by atoms with Crippen molar-refractivity contribution in [3.05, 3.63) is 47.8 Å². The molecule has 25 heavy (non-hydrogen) atoms. The molecule has 1 atom stereocenters. The lowest BCUT2D eigenvalue weighted by Crippen LogP contribution is -2.55. The number of carbonyl (C=O) groups is 2. The Morgan fingerprint density at radius 1 is 1.40 bits per heavy atom. The average molecular weight is 358 g/mol. The van der Waals surface area contributed by atoms with Crippen LogP contribution in [0.1, 0.15) is 30.9 Å². The minimum Gasteiger partial charge on any atom is -0.350 e. The molecule has 0 aliphatic carbocycles. The van der Waals surface area contributed by atoms with E-state index in [1.165, 1.54) is 11.8 Å².